The fraction of sp³-hybridized carbons (Fsp3) is 0.579. The number of nitrogens with zero attached hydrogens (tertiary/aromatic N) is 1. The number of hydrogen-bond donors (Lipinski definition) is 1. The molecule has 0 aromatic heterocycles. The Morgan fingerprint density at radius 2 is 2.00 bits per heavy atom. The maximum absolute atomic E-state index is 12.3. The van der Waals surface area contributed by atoms with E-state index in [4.69, 9.17) is 14.2 Å². The molecule has 0 unspecified atom stereocenters. The molecule has 7 nitrogen and oxygen atoms in total. The zero-order chi connectivity index (χ0) is 18.8. The van der Waals surface area contributed by atoms with Crippen molar-refractivity contribution in [2.45, 2.75) is 19.8 Å². The minimum Gasteiger partial charge on any atom is -0.491 e. The van der Waals surface area contributed by atoms with Gasteiger partial charge in [-0.1, -0.05) is 6.07 Å². The lowest BCUT2D eigenvalue weighted by molar-refractivity contribution is -0.149. The summed E-state index contributed by atoms with van der Waals surface area (Å²) in [5, 5.41) is 2.89. The number of rotatable bonds is 9. The van der Waals surface area contributed by atoms with Crippen LogP contribution >= 0.6 is 0 Å². The SMILES string of the molecule is CCOC(=O)C1CCN(CC(=O)Nc2cccc(OCCOC)c2)CC1. The van der Waals surface area contributed by atoms with Crippen LogP contribution in [0.2, 0.25) is 0 Å². The van der Waals surface area contributed by atoms with Crippen LogP contribution in [0.5, 0.6) is 5.75 Å². The van der Waals surface area contributed by atoms with Crippen LogP contribution in [0.3, 0.4) is 0 Å². The summed E-state index contributed by atoms with van der Waals surface area (Å²) in [6.45, 7) is 4.95. The maximum Gasteiger partial charge on any atom is 0.309 e. The standard InChI is InChI=1S/C19H28N2O5/c1-3-25-19(23)15-7-9-21(10-8-15)14-18(22)20-16-5-4-6-17(13-16)26-12-11-24-2/h4-6,13,15H,3,7-12,14H2,1-2H3,(H,20,22). The summed E-state index contributed by atoms with van der Waals surface area (Å²) in [5.41, 5.74) is 0.700. The van der Waals surface area contributed by atoms with Gasteiger partial charge in [0.2, 0.25) is 5.91 Å². The van der Waals surface area contributed by atoms with Crippen molar-refractivity contribution in [2.75, 3.05) is 51.9 Å². The fourth-order valence-electron chi connectivity index (χ4n) is 2.90. The Hall–Kier alpha value is -2.12. The summed E-state index contributed by atoms with van der Waals surface area (Å²) in [5.74, 6) is 0.445. The van der Waals surface area contributed by atoms with Gasteiger partial charge in [0.1, 0.15) is 12.4 Å². The number of piperidine rings is 1. The Morgan fingerprint density at radius 3 is 2.69 bits per heavy atom. The predicted molar refractivity (Wildman–Crippen MR) is 98.2 cm³/mol. The van der Waals surface area contributed by atoms with E-state index in [1.807, 2.05) is 25.1 Å². The first-order chi connectivity index (χ1) is 12.6. The number of anilines is 1. The molecule has 1 fully saturated rings. The van der Waals surface area contributed by atoms with E-state index in [-0.39, 0.29) is 17.8 Å². The summed E-state index contributed by atoms with van der Waals surface area (Å²) in [6.07, 6.45) is 1.46. The second-order valence-corrected chi connectivity index (χ2v) is 6.22. The summed E-state index contributed by atoms with van der Waals surface area (Å²) < 4.78 is 15.6. The van der Waals surface area contributed by atoms with Crippen molar-refractivity contribution in [1.29, 1.82) is 0 Å². The number of benzene rings is 1. The van der Waals surface area contributed by atoms with Crippen LogP contribution in [0, 0.1) is 5.92 Å². The highest BCUT2D eigenvalue weighted by Crippen LogP contribution is 2.20. The second kappa shape index (κ2) is 10.8. The van der Waals surface area contributed by atoms with E-state index in [0.717, 1.165) is 25.9 Å². The maximum atomic E-state index is 12.3. The van der Waals surface area contributed by atoms with Crippen LogP contribution in [0.4, 0.5) is 5.69 Å². The van der Waals surface area contributed by atoms with E-state index in [9.17, 15) is 9.59 Å². The molecule has 0 bridgehead atoms. The molecule has 0 saturated carbocycles. The molecule has 0 spiro atoms. The summed E-state index contributed by atoms with van der Waals surface area (Å²) in [7, 11) is 1.62. The molecule has 1 N–H and O–H groups in total. The van der Waals surface area contributed by atoms with Crippen LogP contribution in [-0.4, -0.2) is 63.3 Å². The van der Waals surface area contributed by atoms with Crippen molar-refractivity contribution in [3.05, 3.63) is 24.3 Å². The van der Waals surface area contributed by atoms with Crippen molar-refractivity contribution < 1.29 is 23.8 Å². The van der Waals surface area contributed by atoms with E-state index < -0.39 is 0 Å². The lowest BCUT2D eigenvalue weighted by Gasteiger charge is -2.30. The van der Waals surface area contributed by atoms with Gasteiger partial charge < -0.3 is 19.5 Å². The highest BCUT2D eigenvalue weighted by molar-refractivity contribution is 5.92. The monoisotopic (exact) mass is 364 g/mol. The summed E-state index contributed by atoms with van der Waals surface area (Å²) in [6, 6.07) is 7.29. The lowest BCUT2D eigenvalue weighted by atomic mass is 9.97. The van der Waals surface area contributed by atoms with E-state index in [0.29, 0.717) is 37.8 Å². The smallest absolute Gasteiger partial charge is 0.309 e. The zero-order valence-corrected chi connectivity index (χ0v) is 15.5. The molecule has 1 amide bonds. The second-order valence-electron chi connectivity index (χ2n) is 6.22. The Balaban J connectivity index is 1.75. The third-order valence-electron chi connectivity index (χ3n) is 4.25. The molecule has 1 aliphatic rings. The van der Waals surface area contributed by atoms with Crippen LogP contribution in [-0.2, 0) is 19.1 Å². The Morgan fingerprint density at radius 1 is 1.23 bits per heavy atom. The molecule has 26 heavy (non-hydrogen) atoms. The van der Waals surface area contributed by atoms with Crippen molar-refractivity contribution in [3.63, 3.8) is 0 Å². The van der Waals surface area contributed by atoms with Crippen molar-refractivity contribution in [1.82, 2.24) is 4.90 Å². The van der Waals surface area contributed by atoms with Gasteiger partial charge in [-0.25, -0.2) is 0 Å². The van der Waals surface area contributed by atoms with Gasteiger partial charge in [-0.2, -0.15) is 0 Å². The molecule has 2 rings (SSSR count). The molecule has 1 heterocycles. The third-order valence-corrected chi connectivity index (χ3v) is 4.25. The summed E-state index contributed by atoms with van der Waals surface area (Å²) in [4.78, 5) is 26.1. The number of hydrogen-bond acceptors (Lipinski definition) is 6. The molecule has 144 valence electrons. The molecule has 1 aromatic carbocycles. The number of methoxy groups -OCH3 is 1. The van der Waals surface area contributed by atoms with Gasteiger partial charge in [0.05, 0.1) is 25.7 Å². The Kier molecular flexibility index (Phi) is 8.37. The average molecular weight is 364 g/mol. The first-order valence-corrected chi connectivity index (χ1v) is 9.03. The average Bonchev–Trinajstić information content (AvgIpc) is 2.63. The van der Waals surface area contributed by atoms with Gasteiger partial charge in [0, 0.05) is 18.9 Å². The number of amides is 1. The fourth-order valence-corrected chi connectivity index (χ4v) is 2.90. The quantitative estimate of drug-likeness (QED) is 0.533. The normalized spacial score (nSPS) is 15.5. The Bertz CT molecular complexity index is 585. The lowest BCUT2D eigenvalue weighted by Crippen LogP contribution is -2.41. The summed E-state index contributed by atoms with van der Waals surface area (Å²) >= 11 is 0. The van der Waals surface area contributed by atoms with Crippen LogP contribution in [0.25, 0.3) is 0 Å². The number of likely N-dealkylation sites (tertiary alicyclic amines) is 1. The molecular formula is C19H28N2O5. The van der Waals surface area contributed by atoms with Gasteiger partial charge >= 0.3 is 5.97 Å². The number of carbonyl (C=O) groups excluding carboxylic acids is 2. The number of nitrogens with one attached hydrogen (secondary N) is 1. The molecule has 0 radical (unpaired) electrons. The van der Waals surface area contributed by atoms with Gasteiger partial charge in [0.15, 0.2) is 0 Å². The van der Waals surface area contributed by atoms with E-state index in [1.165, 1.54) is 0 Å². The Labute approximate surface area is 154 Å². The zero-order valence-electron chi connectivity index (χ0n) is 15.5. The van der Waals surface area contributed by atoms with Gasteiger partial charge in [-0.15, -0.1) is 0 Å². The minimum atomic E-state index is -0.123. The topological polar surface area (TPSA) is 77.1 Å². The molecule has 1 aliphatic heterocycles. The number of esters is 1. The predicted octanol–water partition coefficient (Wildman–Crippen LogP) is 1.93. The molecule has 1 aromatic rings. The van der Waals surface area contributed by atoms with Crippen LogP contribution < -0.4 is 10.1 Å². The first-order valence-electron chi connectivity index (χ1n) is 9.03. The molecule has 1 saturated heterocycles. The van der Waals surface area contributed by atoms with E-state index in [1.54, 1.807) is 13.2 Å². The molecular weight excluding hydrogens is 336 g/mol. The largest absolute Gasteiger partial charge is 0.491 e. The highest BCUT2D eigenvalue weighted by Gasteiger charge is 2.26. The van der Waals surface area contributed by atoms with E-state index in [2.05, 4.69) is 10.2 Å². The minimum absolute atomic E-state index is 0.0461. The molecule has 7 heteroatoms. The first kappa shape index (κ1) is 20.2. The van der Waals surface area contributed by atoms with Crippen LogP contribution in [0.15, 0.2) is 24.3 Å². The van der Waals surface area contributed by atoms with Crippen molar-refractivity contribution in [3.8, 4) is 5.75 Å². The molecule has 0 aliphatic carbocycles. The van der Waals surface area contributed by atoms with E-state index >= 15 is 0 Å². The van der Waals surface area contributed by atoms with Gasteiger partial charge in [0.25, 0.3) is 0 Å². The molecule has 0 atom stereocenters. The van der Waals surface area contributed by atoms with Gasteiger partial charge in [-0.05, 0) is 45.0 Å². The number of carbonyl (C=O) groups is 2. The van der Waals surface area contributed by atoms with Crippen LogP contribution in [0.1, 0.15) is 19.8 Å². The van der Waals surface area contributed by atoms with Crippen molar-refractivity contribution >= 4 is 17.6 Å². The third kappa shape index (κ3) is 6.65. The number of ether oxygens (including phenoxy) is 3. The van der Waals surface area contributed by atoms with Gasteiger partial charge in [-0.3, -0.25) is 14.5 Å². The van der Waals surface area contributed by atoms with Crippen molar-refractivity contribution in [2.24, 2.45) is 5.92 Å². The highest BCUT2D eigenvalue weighted by atomic mass is 16.5.